The Bertz CT molecular complexity index is 795. The van der Waals surface area contributed by atoms with Crippen LogP contribution in [0.5, 0.6) is 0 Å². The molecule has 1 aromatic carbocycles. The van der Waals surface area contributed by atoms with E-state index >= 15 is 0 Å². The van der Waals surface area contributed by atoms with E-state index in [1.54, 1.807) is 12.1 Å². The van der Waals surface area contributed by atoms with Crippen LogP contribution in [0.1, 0.15) is 21.8 Å². The van der Waals surface area contributed by atoms with Crippen molar-refractivity contribution in [2.45, 2.75) is 6.54 Å². The number of carbonyl (C=O) groups is 1. The van der Waals surface area contributed by atoms with Crippen molar-refractivity contribution in [1.29, 1.82) is 0 Å². The number of aromatic nitrogens is 1. The fourth-order valence-corrected chi connectivity index (χ4v) is 2.00. The van der Waals surface area contributed by atoms with Crippen molar-refractivity contribution < 1.29 is 13.6 Å². The van der Waals surface area contributed by atoms with Crippen LogP contribution < -0.4 is 5.73 Å². The maximum Gasteiger partial charge on any atom is 0.228 e. The number of carbonyl (C=O) groups excluding carboxylic acids is 1. The first kappa shape index (κ1) is 12.5. The molecular weight excluding hydrogens is 259 g/mol. The number of fused-ring (bicyclic) bond motifs is 1. The zero-order chi connectivity index (χ0) is 14.1. The molecule has 0 unspecified atom stereocenters. The summed E-state index contributed by atoms with van der Waals surface area (Å²) in [5.74, 6) is -0.481. The lowest BCUT2D eigenvalue weighted by molar-refractivity contribution is 0.101. The van der Waals surface area contributed by atoms with E-state index in [1.807, 2.05) is 0 Å². The van der Waals surface area contributed by atoms with Crippen molar-refractivity contribution >= 4 is 16.8 Å². The molecule has 3 rings (SSSR count). The number of nitrogens with two attached hydrogens (primary N) is 1. The van der Waals surface area contributed by atoms with E-state index < -0.39 is 0 Å². The number of hydrogen-bond donors (Lipinski definition) is 1. The smallest absolute Gasteiger partial charge is 0.228 e. The van der Waals surface area contributed by atoms with Crippen molar-refractivity contribution in [1.82, 2.24) is 4.98 Å². The highest BCUT2D eigenvalue weighted by atomic mass is 19.1. The van der Waals surface area contributed by atoms with Gasteiger partial charge in [-0.05, 0) is 36.4 Å². The molecule has 0 radical (unpaired) electrons. The highest BCUT2D eigenvalue weighted by molar-refractivity contribution is 6.08. The normalized spacial score (nSPS) is 10.9. The van der Waals surface area contributed by atoms with Crippen LogP contribution in [0, 0.1) is 5.82 Å². The molecule has 0 atom stereocenters. The Morgan fingerprint density at radius 1 is 1.25 bits per heavy atom. The van der Waals surface area contributed by atoms with Crippen LogP contribution in [-0.4, -0.2) is 10.8 Å². The van der Waals surface area contributed by atoms with Gasteiger partial charge in [0.25, 0.3) is 0 Å². The van der Waals surface area contributed by atoms with Gasteiger partial charge in [-0.2, -0.15) is 0 Å². The average molecular weight is 270 g/mol. The number of nitrogens with zero attached hydrogens (tertiary/aromatic N) is 1. The molecule has 0 aliphatic carbocycles. The largest absolute Gasteiger partial charge is 0.453 e. The zero-order valence-corrected chi connectivity index (χ0v) is 10.5. The summed E-state index contributed by atoms with van der Waals surface area (Å²) in [5, 5.41) is 0.557. The molecule has 100 valence electrons. The molecule has 4 nitrogen and oxygen atoms in total. The van der Waals surface area contributed by atoms with Crippen molar-refractivity contribution in [3.05, 3.63) is 65.4 Å². The maximum atomic E-state index is 13.1. The second kappa shape index (κ2) is 4.86. The van der Waals surface area contributed by atoms with Gasteiger partial charge in [0.1, 0.15) is 11.4 Å². The van der Waals surface area contributed by atoms with Crippen LogP contribution in [0.2, 0.25) is 0 Å². The summed E-state index contributed by atoms with van der Waals surface area (Å²) in [5.41, 5.74) is 7.04. The molecule has 0 saturated heterocycles. The third-order valence-electron chi connectivity index (χ3n) is 2.99. The Hall–Kier alpha value is -2.53. The van der Waals surface area contributed by atoms with Crippen LogP contribution in [0.4, 0.5) is 4.39 Å². The van der Waals surface area contributed by atoms with Crippen LogP contribution in [-0.2, 0) is 6.54 Å². The van der Waals surface area contributed by atoms with Gasteiger partial charge in [-0.3, -0.25) is 9.78 Å². The molecule has 0 spiro atoms. The molecule has 0 aliphatic heterocycles. The zero-order valence-electron chi connectivity index (χ0n) is 10.5. The van der Waals surface area contributed by atoms with Gasteiger partial charge in [0.05, 0.1) is 5.69 Å². The summed E-state index contributed by atoms with van der Waals surface area (Å²) < 4.78 is 18.6. The van der Waals surface area contributed by atoms with Crippen molar-refractivity contribution in [3.63, 3.8) is 0 Å². The molecular formula is C15H11FN2O2. The number of pyridine rings is 1. The molecule has 3 aromatic rings. The van der Waals surface area contributed by atoms with Crippen molar-refractivity contribution in [3.8, 4) is 0 Å². The fraction of sp³-hybridized carbons (Fsp3) is 0.0667. The molecule has 2 heterocycles. The fourth-order valence-electron chi connectivity index (χ4n) is 2.00. The van der Waals surface area contributed by atoms with Gasteiger partial charge < -0.3 is 10.2 Å². The summed E-state index contributed by atoms with van der Waals surface area (Å²) in [6, 6.07) is 8.86. The first-order valence-corrected chi connectivity index (χ1v) is 6.06. The van der Waals surface area contributed by atoms with E-state index in [0.29, 0.717) is 22.2 Å². The quantitative estimate of drug-likeness (QED) is 0.743. The summed E-state index contributed by atoms with van der Waals surface area (Å²) in [4.78, 5) is 16.3. The SMILES string of the molecule is NCc1cc(C(=O)c2cc3cc(F)ccc3o2)ccn1. The Balaban J connectivity index is 2.03. The second-order valence-electron chi connectivity index (χ2n) is 4.36. The molecule has 0 saturated carbocycles. The molecule has 2 aromatic heterocycles. The predicted molar refractivity (Wildman–Crippen MR) is 71.7 cm³/mol. The van der Waals surface area contributed by atoms with Gasteiger partial charge in [0.2, 0.25) is 5.78 Å². The molecule has 0 amide bonds. The van der Waals surface area contributed by atoms with Gasteiger partial charge in [0, 0.05) is 23.7 Å². The van der Waals surface area contributed by atoms with Gasteiger partial charge >= 0.3 is 0 Å². The molecule has 5 heteroatoms. The van der Waals surface area contributed by atoms with Crippen molar-refractivity contribution in [2.75, 3.05) is 0 Å². The van der Waals surface area contributed by atoms with Gasteiger partial charge in [0.15, 0.2) is 5.76 Å². The molecule has 0 aliphatic rings. The lowest BCUT2D eigenvalue weighted by Gasteiger charge is -1.99. The predicted octanol–water partition coefficient (Wildman–Crippen LogP) is 2.66. The number of benzene rings is 1. The standard InChI is InChI=1S/C15H11FN2O2/c16-11-1-2-13-10(5-11)7-14(20-13)15(19)9-3-4-18-12(6-9)8-17/h1-7H,8,17H2. The monoisotopic (exact) mass is 270 g/mol. The van der Waals surface area contributed by atoms with E-state index in [4.69, 9.17) is 10.2 Å². The average Bonchev–Trinajstić information content (AvgIpc) is 2.89. The van der Waals surface area contributed by atoms with Gasteiger partial charge in [-0.25, -0.2) is 4.39 Å². The first-order valence-electron chi connectivity index (χ1n) is 6.06. The van der Waals surface area contributed by atoms with E-state index in [9.17, 15) is 9.18 Å². The minimum absolute atomic E-state index is 0.166. The van der Waals surface area contributed by atoms with Gasteiger partial charge in [-0.15, -0.1) is 0 Å². The Labute approximate surface area is 114 Å². The summed E-state index contributed by atoms with van der Waals surface area (Å²) in [6.45, 7) is 0.256. The Morgan fingerprint density at radius 3 is 2.90 bits per heavy atom. The second-order valence-corrected chi connectivity index (χ2v) is 4.36. The van der Waals surface area contributed by atoms with Crippen LogP contribution in [0.25, 0.3) is 11.0 Å². The summed E-state index contributed by atoms with van der Waals surface area (Å²) in [6.07, 6.45) is 1.53. The van der Waals surface area contributed by atoms with Crippen molar-refractivity contribution in [2.24, 2.45) is 5.73 Å². The third kappa shape index (κ3) is 2.19. The summed E-state index contributed by atoms with van der Waals surface area (Å²) >= 11 is 0. The minimum atomic E-state index is -0.369. The highest BCUT2D eigenvalue weighted by Crippen LogP contribution is 2.22. The highest BCUT2D eigenvalue weighted by Gasteiger charge is 2.15. The first-order chi connectivity index (χ1) is 9.67. The topological polar surface area (TPSA) is 69.1 Å². The van der Waals surface area contributed by atoms with Crippen LogP contribution in [0.3, 0.4) is 0 Å². The third-order valence-corrected chi connectivity index (χ3v) is 2.99. The number of furan rings is 1. The van der Waals surface area contributed by atoms with Crippen LogP contribution >= 0.6 is 0 Å². The minimum Gasteiger partial charge on any atom is -0.453 e. The maximum absolute atomic E-state index is 13.1. The molecule has 0 bridgehead atoms. The number of ketones is 1. The van der Waals surface area contributed by atoms with E-state index in [-0.39, 0.29) is 23.9 Å². The number of halogens is 1. The molecule has 0 fully saturated rings. The summed E-state index contributed by atoms with van der Waals surface area (Å²) in [7, 11) is 0. The number of rotatable bonds is 3. The number of hydrogen-bond acceptors (Lipinski definition) is 4. The van der Waals surface area contributed by atoms with E-state index in [0.717, 1.165) is 0 Å². The molecule has 2 N–H and O–H groups in total. The van der Waals surface area contributed by atoms with Gasteiger partial charge in [-0.1, -0.05) is 0 Å². The lowest BCUT2D eigenvalue weighted by Crippen LogP contribution is -2.04. The lowest BCUT2D eigenvalue weighted by atomic mass is 10.1. The molecule has 20 heavy (non-hydrogen) atoms. The van der Waals surface area contributed by atoms with E-state index in [2.05, 4.69) is 4.98 Å². The van der Waals surface area contributed by atoms with Crippen LogP contribution in [0.15, 0.2) is 47.0 Å². The Morgan fingerprint density at radius 2 is 2.10 bits per heavy atom. The Kier molecular flexibility index (Phi) is 3.04. The van der Waals surface area contributed by atoms with E-state index in [1.165, 1.54) is 30.5 Å².